The van der Waals surface area contributed by atoms with Crippen LogP contribution in [0.25, 0.3) is 10.6 Å². The van der Waals surface area contributed by atoms with Crippen LogP contribution >= 0.6 is 11.3 Å². The summed E-state index contributed by atoms with van der Waals surface area (Å²) in [6.45, 7) is 0.409. The Bertz CT molecular complexity index is 599. The van der Waals surface area contributed by atoms with Gasteiger partial charge < -0.3 is 5.11 Å². The monoisotopic (exact) mass is 290 g/mol. The van der Waals surface area contributed by atoms with Crippen molar-refractivity contribution in [3.8, 4) is 10.6 Å². The average Bonchev–Trinajstić information content (AvgIpc) is 3.09. The maximum absolute atomic E-state index is 12.0. The lowest BCUT2D eigenvalue weighted by atomic mass is 10.2. The summed E-state index contributed by atoms with van der Waals surface area (Å²) in [6, 6.07) is 9.86. The number of benzene rings is 1. The van der Waals surface area contributed by atoms with Crippen LogP contribution in [0.2, 0.25) is 0 Å². The average molecular weight is 290 g/mol. The van der Waals surface area contributed by atoms with Crippen molar-refractivity contribution >= 4 is 17.2 Å². The van der Waals surface area contributed by atoms with E-state index in [0.29, 0.717) is 0 Å². The fraction of sp³-hybridized carbons (Fsp3) is 0.286. The number of aromatic nitrogens is 1. The number of β-amino-alcohol motifs (C(OH)–C–C–N with tert-alkyl or cyclic N) is 1. The Hall–Kier alpha value is -1.76. The number of hydroxylamine groups is 2. The van der Waals surface area contributed by atoms with Gasteiger partial charge in [0.05, 0.1) is 24.8 Å². The topological polar surface area (TPSA) is 62.7 Å². The van der Waals surface area contributed by atoms with Crippen LogP contribution in [0.4, 0.5) is 0 Å². The first-order chi connectivity index (χ1) is 9.72. The van der Waals surface area contributed by atoms with E-state index in [9.17, 15) is 9.90 Å². The highest BCUT2D eigenvalue weighted by molar-refractivity contribution is 7.13. The molecule has 20 heavy (non-hydrogen) atoms. The summed E-state index contributed by atoms with van der Waals surface area (Å²) >= 11 is 1.52. The van der Waals surface area contributed by atoms with Gasteiger partial charge in [-0.3, -0.25) is 9.63 Å². The molecule has 3 rings (SSSR count). The molecule has 0 radical (unpaired) electrons. The predicted octanol–water partition coefficient (Wildman–Crippen LogP) is 1.49. The maximum Gasteiger partial charge on any atom is 0.252 e. The first kappa shape index (κ1) is 13.2. The minimum absolute atomic E-state index is 0.175. The zero-order chi connectivity index (χ0) is 13.9. The van der Waals surface area contributed by atoms with Crippen LogP contribution in [-0.2, 0) is 16.1 Å². The number of hydrogen-bond acceptors (Lipinski definition) is 5. The number of carbonyl (C=O) groups is 1. The highest BCUT2D eigenvalue weighted by Gasteiger charge is 2.26. The van der Waals surface area contributed by atoms with Gasteiger partial charge in [0.1, 0.15) is 11.6 Å². The van der Waals surface area contributed by atoms with Gasteiger partial charge in [-0.15, -0.1) is 11.3 Å². The normalized spacial score (nSPS) is 18.4. The largest absolute Gasteiger partial charge is 0.389 e. The van der Waals surface area contributed by atoms with E-state index >= 15 is 0 Å². The number of amides is 1. The van der Waals surface area contributed by atoms with Crippen molar-refractivity contribution in [3.63, 3.8) is 0 Å². The minimum atomic E-state index is -0.589. The van der Waals surface area contributed by atoms with E-state index in [2.05, 4.69) is 4.98 Å². The highest BCUT2D eigenvalue weighted by Crippen LogP contribution is 2.23. The van der Waals surface area contributed by atoms with Crippen molar-refractivity contribution < 1.29 is 14.7 Å². The summed E-state index contributed by atoms with van der Waals surface area (Å²) in [4.78, 5) is 21.5. The molecule has 0 bridgehead atoms. The molecule has 104 valence electrons. The third kappa shape index (κ3) is 2.87. The predicted molar refractivity (Wildman–Crippen MR) is 74.9 cm³/mol. The molecule has 0 spiro atoms. The molecule has 0 aliphatic carbocycles. The van der Waals surface area contributed by atoms with Crippen LogP contribution in [0.5, 0.6) is 0 Å². The third-order valence-corrected chi connectivity index (χ3v) is 3.92. The maximum atomic E-state index is 12.0. The summed E-state index contributed by atoms with van der Waals surface area (Å²) in [6.07, 6.45) is -0.398. The molecule has 1 amide bonds. The molecule has 2 heterocycles. The number of aliphatic hydroxyl groups is 1. The fourth-order valence-electron chi connectivity index (χ4n) is 1.99. The molecule has 2 aromatic rings. The summed E-state index contributed by atoms with van der Waals surface area (Å²) < 4.78 is 0. The van der Waals surface area contributed by atoms with Gasteiger partial charge in [-0.2, -0.15) is 0 Å². The molecule has 0 saturated carbocycles. The Morgan fingerprint density at radius 3 is 2.95 bits per heavy atom. The lowest BCUT2D eigenvalue weighted by molar-refractivity contribution is -0.167. The third-order valence-electron chi connectivity index (χ3n) is 2.98. The molecule has 5 nitrogen and oxygen atoms in total. The molecule has 6 heteroatoms. The lowest BCUT2D eigenvalue weighted by Crippen LogP contribution is -2.29. The minimum Gasteiger partial charge on any atom is -0.389 e. The first-order valence-corrected chi connectivity index (χ1v) is 7.21. The van der Waals surface area contributed by atoms with Crippen molar-refractivity contribution in [2.75, 3.05) is 13.2 Å². The van der Waals surface area contributed by atoms with Crippen molar-refractivity contribution in [3.05, 3.63) is 41.4 Å². The molecular weight excluding hydrogens is 276 g/mol. The van der Waals surface area contributed by atoms with Crippen LogP contribution < -0.4 is 0 Å². The van der Waals surface area contributed by atoms with Crippen molar-refractivity contribution in [1.82, 2.24) is 10.0 Å². The van der Waals surface area contributed by atoms with Crippen LogP contribution in [0, 0.1) is 0 Å². The second-order valence-corrected chi connectivity index (χ2v) is 5.45. The molecule has 1 unspecified atom stereocenters. The van der Waals surface area contributed by atoms with Gasteiger partial charge in [-0.05, 0) is 0 Å². The fourth-order valence-corrected chi connectivity index (χ4v) is 2.82. The Kier molecular flexibility index (Phi) is 3.77. The van der Waals surface area contributed by atoms with Crippen molar-refractivity contribution in [2.24, 2.45) is 0 Å². The van der Waals surface area contributed by atoms with E-state index in [1.807, 2.05) is 35.7 Å². The molecule has 1 atom stereocenters. The van der Waals surface area contributed by atoms with E-state index in [1.54, 1.807) is 0 Å². The quantitative estimate of drug-likeness (QED) is 0.930. The number of hydrogen-bond donors (Lipinski definition) is 1. The van der Waals surface area contributed by atoms with E-state index < -0.39 is 6.10 Å². The SMILES string of the molecule is O=C(Cc1csc(-c2ccccc2)n1)N1CC(O)CO1. The van der Waals surface area contributed by atoms with Crippen LogP contribution in [0.3, 0.4) is 0 Å². The Balaban J connectivity index is 1.67. The molecule has 1 fully saturated rings. The van der Waals surface area contributed by atoms with Crippen LogP contribution in [0.1, 0.15) is 5.69 Å². The smallest absolute Gasteiger partial charge is 0.252 e. The molecule has 1 saturated heterocycles. The summed E-state index contributed by atoms with van der Waals surface area (Å²) in [7, 11) is 0. The highest BCUT2D eigenvalue weighted by atomic mass is 32.1. The summed E-state index contributed by atoms with van der Waals surface area (Å²) in [5.74, 6) is -0.175. The summed E-state index contributed by atoms with van der Waals surface area (Å²) in [5.41, 5.74) is 1.77. The number of carbonyl (C=O) groups excluding carboxylic acids is 1. The Morgan fingerprint density at radius 1 is 1.45 bits per heavy atom. The van der Waals surface area contributed by atoms with Gasteiger partial charge in [0.2, 0.25) is 0 Å². The molecule has 1 aromatic carbocycles. The Labute approximate surface area is 120 Å². The van der Waals surface area contributed by atoms with Gasteiger partial charge in [0.15, 0.2) is 0 Å². The van der Waals surface area contributed by atoms with Gasteiger partial charge in [-0.25, -0.2) is 10.0 Å². The van der Waals surface area contributed by atoms with E-state index in [4.69, 9.17) is 4.84 Å². The van der Waals surface area contributed by atoms with E-state index in [1.165, 1.54) is 16.4 Å². The number of nitrogens with zero attached hydrogens (tertiary/aromatic N) is 2. The molecule has 1 aliphatic rings. The van der Waals surface area contributed by atoms with Crippen molar-refractivity contribution in [2.45, 2.75) is 12.5 Å². The molecular formula is C14H14N2O3S. The Morgan fingerprint density at radius 2 is 2.25 bits per heavy atom. The van der Waals surface area contributed by atoms with E-state index in [-0.39, 0.29) is 25.5 Å². The number of aliphatic hydroxyl groups excluding tert-OH is 1. The zero-order valence-electron chi connectivity index (χ0n) is 10.7. The standard InChI is InChI=1S/C14H14N2O3S/c17-12-7-16(19-8-12)13(18)6-11-9-20-14(15-11)10-4-2-1-3-5-10/h1-5,9,12,17H,6-8H2. The zero-order valence-corrected chi connectivity index (χ0v) is 11.5. The van der Waals surface area contributed by atoms with Gasteiger partial charge in [0.25, 0.3) is 5.91 Å². The number of rotatable bonds is 3. The van der Waals surface area contributed by atoms with E-state index in [0.717, 1.165) is 16.3 Å². The summed E-state index contributed by atoms with van der Waals surface area (Å²) in [5, 5.41) is 13.3. The first-order valence-electron chi connectivity index (χ1n) is 6.33. The molecule has 1 N–H and O–H groups in total. The number of thiazole rings is 1. The lowest BCUT2D eigenvalue weighted by Gasteiger charge is -2.12. The van der Waals surface area contributed by atoms with Crippen LogP contribution in [-0.4, -0.2) is 40.3 Å². The molecule has 1 aliphatic heterocycles. The second-order valence-electron chi connectivity index (χ2n) is 4.59. The van der Waals surface area contributed by atoms with Gasteiger partial charge in [-0.1, -0.05) is 30.3 Å². The van der Waals surface area contributed by atoms with Gasteiger partial charge in [0, 0.05) is 10.9 Å². The van der Waals surface area contributed by atoms with Gasteiger partial charge >= 0.3 is 0 Å². The van der Waals surface area contributed by atoms with Crippen molar-refractivity contribution in [1.29, 1.82) is 0 Å². The van der Waals surface area contributed by atoms with Crippen LogP contribution in [0.15, 0.2) is 35.7 Å². The second kappa shape index (κ2) is 5.70. The molecule has 1 aromatic heterocycles.